The van der Waals surface area contributed by atoms with Gasteiger partial charge in [-0.1, -0.05) is 13.8 Å². The number of carbonyl (C=O) groups is 2. The molecule has 0 radical (unpaired) electrons. The van der Waals surface area contributed by atoms with Crippen molar-refractivity contribution in [1.82, 2.24) is 15.5 Å². The van der Waals surface area contributed by atoms with E-state index in [1.165, 1.54) is 0 Å². The number of amides is 3. The third kappa shape index (κ3) is 5.01. The van der Waals surface area contributed by atoms with Gasteiger partial charge in [0.05, 0.1) is 13.2 Å². The lowest BCUT2D eigenvalue weighted by atomic mass is 10.2. The largest absolute Gasteiger partial charge is 0.395 e. The highest BCUT2D eigenvalue weighted by atomic mass is 16.3. The Labute approximate surface area is 108 Å². The van der Waals surface area contributed by atoms with Crippen molar-refractivity contribution in [2.45, 2.75) is 32.7 Å². The maximum Gasteiger partial charge on any atom is 0.321 e. The monoisotopic (exact) mass is 257 g/mol. The van der Waals surface area contributed by atoms with Gasteiger partial charge < -0.3 is 10.4 Å². The van der Waals surface area contributed by atoms with E-state index in [0.717, 1.165) is 19.4 Å². The summed E-state index contributed by atoms with van der Waals surface area (Å²) in [5.41, 5.74) is 0. The zero-order valence-corrected chi connectivity index (χ0v) is 11.1. The molecular formula is C12H23N3O3. The molecule has 1 unspecified atom stereocenters. The molecular weight excluding hydrogens is 234 g/mol. The van der Waals surface area contributed by atoms with Gasteiger partial charge in [0.2, 0.25) is 5.91 Å². The number of carbonyl (C=O) groups excluding carboxylic acids is 2. The van der Waals surface area contributed by atoms with Crippen molar-refractivity contribution in [3.8, 4) is 0 Å². The lowest BCUT2D eigenvalue weighted by molar-refractivity contribution is -0.121. The van der Waals surface area contributed by atoms with Crippen LogP contribution in [0.2, 0.25) is 0 Å². The van der Waals surface area contributed by atoms with Crippen molar-refractivity contribution in [2.75, 3.05) is 26.2 Å². The summed E-state index contributed by atoms with van der Waals surface area (Å²) >= 11 is 0. The smallest absolute Gasteiger partial charge is 0.321 e. The topological polar surface area (TPSA) is 81.7 Å². The average molecular weight is 257 g/mol. The highest BCUT2D eigenvalue weighted by Gasteiger charge is 2.25. The first-order valence-electron chi connectivity index (χ1n) is 6.45. The van der Waals surface area contributed by atoms with Crippen LogP contribution in [0.5, 0.6) is 0 Å². The van der Waals surface area contributed by atoms with Crippen LogP contribution in [-0.2, 0) is 4.79 Å². The molecule has 1 atom stereocenters. The lowest BCUT2D eigenvalue weighted by Gasteiger charge is -2.21. The highest BCUT2D eigenvalue weighted by Crippen LogP contribution is 2.15. The predicted octanol–water partition coefficient (Wildman–Crippen LogP) is -0.0751. The fourth-order valence-electron chi connectivity index (χ4n) is 2.00. The van der Waals surface area contributed by atoms with Gasteiger partial charge in [-0.3, -0.25) is 15.0 Å². The van der Waals surface area contributed by atoms with Crippen LogP contribution in [0.15, 0.2) is 0 Å². The zero-order valence-electron chi connectivity index (χ0n) is 11.1. The van der Waals surface area contributed by atoms with E-state index in [1.54, 1.807) is 0 Å². The first-order chi connectivity index (χ1) is 8.52. The third-order valence-corrected chi connectivity index (χ3v) is 2.98. The Bertz CT molecular complexity index is 294. The van der Waals surface area contributed by atoms with E-state index in [9.17, 15) is 9.59 Å². The molecule has 1 saturated heterocycles. The Morgan fingerprint density at radius 3 is 2.78 bits per heavy atom. The first-order valence-corrected chi connectivity index (χ1v) is 6.45. The molecule has 1 fully saturated rings. The van der Waals surface area contributed by atoms with Crippen molar-refractivity contribution >= 4 is 11.9 Å². The quantitative estimate of drug-likeness (QED) is 0.643. The second kappa shape index (κ2) is 7.33. The molecule has 0 aromatic rings. The van der Waals surface area contributed by atoms with Crippen LogP contribution >= 0.6 is 0 Å². The van der Waals surface area contributed by atoms with E-state index < -0.39 is 6.03 Å². The molecule has 6 nitrogen and oxygen atoms in total. The Hall–Kier alpha value is -1.14. The molecule has 0 saturated carbocycles. The number of imide groups is 1. The summed E-state index contributed by atoms with van der Waals surface area (Å²) in [7, 11) is 0. The molecule has 0 aromatic carbocycles. The van der Waals surface area contributed by atoms with Crippen LogP contribution in [0.3, 0.4) is 0 Å². The Morgan fingerprint density at radius 2 is 2.17 bits per heavy atom. The van der Waals surface area contributed by atoms with E-state index in [1.807, 2.05) is 18.7 Å². The van der Waals surface area contributed by atoms with Crippen LogP contribution < -0.4 is 10.6 Å². The van der Waals surface area contributed by atoms with Crippen LogP contribution in [0.25, 0.3) is 0 Å². The van der Waals surface area contributed by atoms with Crippen molar-refractivity contribution in [2.24, 2.45) is 5.92 Å². The molecule has 1 aliphatic heterocycles. The second-order valence-electron chi connectivity index (χ2n) is 5.10. The summed E-state index contributed by atoms with van der Waals surface area (Å²) < 4.78 is 0. The Balaban J connectivity index is 2.26. The number of nitrogens with zero attached hydrogens (tertiary/aromatic N) is 1. The van der Waals surface area contributed by atoms with E-state index >= 15 is 0 Å². The van der Waals surface area contributed by atoms with Gasteiger partial charge in [-0.2, -0.15) is 0 Å². The predicted molar refractivity (Wildman–Crippen MR) is 68.1 cm³/mol. The first kappa shape index (κ1) is 14.9. The molecule has 1 rings (SSSR count). The minimum Gasteiger partial charge on any atom is -0.395 e. The Kier molecular flexibility index (Phi) is 6.07. The minimum absolute atomic E-state index is 0.0504. The standard InChI is InChI=1S/C12H23N3O3/c1-9(2)6-13-12(18)14-11(17)7-15-5-3-4-10(15)8-16/h9-10,16H,3-8H2,1-2H3,(H2,13,14,17,18). The number of likely N-dealkylation sites (tertiary alicyclic amines) is 1. The number of hydrogen-bond acceptors (Lipinski definition) is 4. The number of hydrogen-bond donors (Lipinski definition) is 3. The normalized spacial score (nSPS) is 20.1. The maximum absolute atomic E-state index is 11.6. The summed E-state index contributed by atoms with van der Waals surface area (Å²) in [6.07, 6.45) is 1.89. The van der Waals surface area contributed by atoms with E-state index in [2.05, 4.69) is 10.6 Å². The van der Waals surface area contributed by atoms with E-state index in [-0.39, 0.29) is 25.1 Å². The van der Waals surface area contributed by atoms with Gasteiger partial charge >= 0.3 is 6.03 Å². The van der Waals surface area contributed by atoms with Crippen molar-refractivity contribution in [1.29, 1.82) is 0 Å². The number of aliphatic hydroxyl groups is 1. The number of rotatable bonds is 5. The molecule has 1 heterocycles. The molecule has 3 N–H and O–H groups in total. The molecule has 0 spiro atoms. The SMILES string of the molecule is CC(C)CNC(=O)NC(=O)CN1CCCC1CO. The maximum atomic E-state index is 11.6. The lowest BCUT2D eigenvalue weighted by Crippen LogP contribution is -2.46. The summed E-state index contributed by atoms with van der Waals surface area (Å²) in [6, 6.07) is -0.400. The van der Waals surface area contributed by atoms with Gasteiger partial charge in [-0.25, -0.2) is 4.79 Å². The molecule has 6 heteroatoms. The fraction of sp³-hybridized carbons (Fsp3) is 0.833. The van der Waals surface area contributed by atoms with Gasteiger partial charge in [-0.15, -0.1) is 0 Å². The van der Waals surface area contributed by atoms with Crippen LogP contribution in [-0.4, -0.2) is 54.2 Å². The van der Waals surface area contributed by atoms with E-state index in [0.29, 0.717) is 12.5 Å². The number of aliphatic hydroxyl groups excluding tert-OH is 1. The fourth-order valence-corrected chi connectivity index (χ4v) is 2.00. The van der Waals surface area contributed by atoms with Crippen LogP contribution in [0.1, 0.15) is 26.7 Å². The number of urea groups is 1. The molecule has 0 bridgehead atoms. The Morgan fingerprint density at radius 1 is 1.44 bits per heavy atom. The van der Waals surface area contributed by atoms with Crippen molar-refractivity contribution in [3.63, 3.8) is 0 Å². The highest BCUT2D eigenvalue weighted by molar-refractivity contribution is 5.95. The number of nitrogens with one attached hydrogen (secondary N) is 2. The molecule has 18 heavy (non-hydrogen) atoms. The van der Waals surface area contributed by atoms with Crippen LogP contribution in [0.4, 0.5) is 4.79 Å². The second-order valence-corrected chi connectivity index (χ2v) is 5.10. The van der Waals surface area contributed by atoms with Gasteiger partial charge in [0.1, 0.15) is 0 Å². The molecule has 104 valence electrons. The van der Waals surface area contributed by atoms with Gasteiger partial charge in [0, 0.05) is 12.6 Å². The summed E-state index contributed by atoms with van der Waals surface area (Å²) in [4.78, 5) is 24.9. The molecule has 3 amide bonds. The minimum atomic E-state index is -0.451. The summed E-state index contributed by atoms with van der Waals surface area (Å²) in [5.74, 6) is 0.0276. The summed E-state index contributed by atoms with van der Waals surface area (Å²) in [6.45, 7) is 5.54. The van der Waals surface area contributed by atoms with Crippen molar-refractivity contribution < 1.29 is 14.7 Å². The van der Waals surface area contributed by atoms with Crippen molar-refractivity contribution in [3.05, 3.63) is 0 Å². The average Bonchev–Trinajstić information content (AvgIpc) is 2.73. The van der Waals surface area contributed by atoms with Gasteiger partial charge in [0.25, 0.3) is 0 Å². The van der Waals surface area contributed by atoms with Gasteiger partial charge in [0.15, 0.2) is 0 Å². The molecule has 1 aliphatic rings. The van der Waals surface area contributed by atoms with E-state index in [4.69, 9.17) is 5.11 Å². The van der Waals surface area contributed by atoms with Crippen LogP contribution in [0, 0.1) is 5.92 Å². The zero-order chi connectivity index (χ0) is 13.5. The summed E-state index contributed by atoms with van der Waals surface area (Å²) in [5, 5.41) is 14.0. The third-order valence-electron chi connectivity index (χ3n) is 2.98. The van der Waals surface area contributed by atoms with Gasteiger partial charge in [-0.05, 0) is 25.3 Å². The molecule has 0 aliphatic carbocycles. The molecule has 0 aromatic heterocycles.